The second-order valence-electron chi connectivity index (χ2n) is 6.24. The van der Waals surface area contributed by atoms with E-state index in [2.05, 4.69) is 20.2 Å². The van der Waals surface area contributed by atoms with Gasteiger partial charge < -0.3 is 9.73 Å². The Morgan fingerprint density at radius 1 is 1.22 bits per heavy atom. The molecular formula is C18H20N4O4S. The van der Waals surface area contributed by atoms with Crippen molar-refractivity contribution in [3.05, 3.63) is 64.9 Å². The van der Waals surface area contributed by atoms with Crippen LogP contribution in [0.1, 0.15) is 32.9 Å². The molecule has 0 saturated carbocycles. The molecule has 9 heteroatoms. The molecule has 142 valence electrons. The van der Waals surface area contributed by atoms with Crippen molar-refractivity contribution in [2.75, 3.05) is 4.72 Å². The van der Waals surface area contributed by atoms with Gasteiger partial charge >= 0.3 is 0 Å². The number of nitrogens with one attached hydrogen (secondary N) is 3. The summed E-state index contributed by atoms with van der Waals surface area (Å²) in [6.07, 6.45) is 2.83. The van der Waals surface area contributed by atoms with Crippen LogP contribution < -0.4 is 10.0 Å². The number of hydrogen-bond donors (Lipinski definition) is 3. The molecule has 0 fully saturated rings. The smallest absolute Gasteiger partial charge is 0.274 e. The third-order valence-electron chi connectivity index (χ3n) is 3.98. The predicted molar refractivity (Wildman–Crippen MR) is 99.9 cm³/mol. The highest BCUT2D eigenvalue weighted by molar-refractivity contribution is 7.92. The van der Waals surface area contributed by atoms with Crippen LogP contribution in [0.25, 0.3) is 0 Å². The van der Waals surface area contributed by atoms with Crippen LogP contribution in [-0.4, -0.2) is 24.5 Å². The summed E-state index contributed by atoms with van der Waals surface area (Å²) in [5, 5.41) is 9.02. The van der Waals surface area contributed by atoms with Gasteiger partial charge in [0.1, 0.15) is 5.76 Å². The van der Waals surface area contributed by atoms with E-state index in [1.807, 2.05) is 6.92 Å². The van der Waals surface area contributed by atoms with E-state index in [9.17, 15) is 13.2 Å². The molecule has 0 radical (unpaired) electrons. The Kier molecular flexibility index (Phi) is 5.04. The fourth-order valence-electron chi connectivity index (χ4n) is 2.99. The highest BCUT2D eigenvalue weighted by Crippen LogP contribution is 2.25. The largest absolute Gasteiger partial charge is 0.467 e. The maximum atomic E-state index is 12.9. The van der Waals surface area contributed by atoms with Gasteiger partial charge in [0.05, 0.1) is 23.4 Å². The van der Waals surface area contributed by atoms with Crippen molar-refractivity contribution in [2.24, 2.45) is 0 Å². The second-order valence-corrected chi connectivity index (χ2v) is 7.86. The van der Waals surface area contributed by atoms with Gasteiger partial charge in [-0.3, -0.25) is 14.6 Å². The van der Waals surface area contributed by atoms with Gasteiger partial charge in [-0.25, -0.2) is 8.42 Å². The van der Waals surface area contributed by atoms with E-state index in [0.29, 0.717) is 16.9 Å². The number of carbonyl (C=O) groups is 1. The fourth-order valence-corrected chi connectivity index (χ4v) is 4.50. The molecule has 0 aliphatic carbocycles. The van der Waals surface area contributed by atoms with Crippen LogP contribution in [0.2, 0.25) is 0 Å². The molecule has 1 aromatic carbocycles. The number of nitrogens with zero attached hydrogens (tertiary/aromatic N) is 1. The first-order valence-electron chi connectivity index (χ1n) is 8.23. The van der Waals surface area contributed by atoms with Crippen LogP contribution in [0.15, 0.2) is 46.0 Å². The minimum atomic E-state index is -3.88. The number of rotatable bonds is 6. The Morgan fingerprint density at radius 2 is 1.93 bits per heavy atom. The van der Waals surface area contributed by atoms with Crippen molar-refractivity contribution in [2.45, 2.75) is 32.2 Å². The number of aromatic nitrogens is 2. The summed E-state index contributed by atoms with van der Waals surface area (Å²) in [7, 11) is -3.88. The van der Waals surface area contributed by atoms with Crippen molar-refractivity contribution in [1.82, 2.24) is 15.5 Å². The summed E-state index contributed by atoms with van der Waals surface area (Å²) in [6.45, 7) is 5.55. The lowest BCUT2D eigenvalue weighted by Crippen LogP contribution is -2.25. The Morgan fingerprint density at radius 3 is 2.56 bits per heavy atom. The molecular weight excluding hydrogens is 368 g/mol. The number of aryl methyl sites for hydroxylation is 3. The van der Waals surface area contributed by atoms with Gasteiger partial charge in [-0.05, 0) is 44.0 Å². The number of carbonyl (C=O) groups excluding carboxylic acids is 1. The standard InChI is InChI=1S/C18H20N4O4S/c1-11-7-12(2)17(13(3)8-11)27(24,25)22-15-10-20-21-16(15)18(23)19-9-14-5-4-6-26-14/h4-8,10,22H,9H2,1-3H3,(H,19,23)(H,20,21). The van der Waals surface area contributed by atoms with E-state index >= 15 is 0 Å². The molecule has 0 atom stereocenters. The molecule has 2 heterocycles. The fraction of sp³-hybridized carbons (Fsp3) is 0.222. The third kappa shape index (κ3) is 4.03. The number of hydrogen-bond acceptors (Lipinski definition) is 5. The van der Waals surface area contributed by atoms with Crippen molar-refractivity contribution < 1.29 is 17.6 Å². The summed E-state index contributed by atoms with van der Waals surface area (Å²) in [5.74, 6) is 0.0506. The number of furan rings is 1. The first kappa shape index (κ1) is 18.7. The van der Waals surface area contributed by atoms with Gasteiger partial charge in [0.15, 0.2) is 5.69 Å². The van der Waals surface area contributed by atoms with Crippen LogP contribution in [0.4, 0.5) is 5.69 Å². The molecule has 2 aromatic heterocycles. The van der Waals surface area contributed by atoms with Crippen molar-refractivity contribution in [1.29, 1.82) is 0 Å². The summed E-state index contributed by atoms with van der Waals surface area (Å²) >= 11 is 0. The molecule has 3 N–H and O–H groups in total. The van der Waals surface area contributed by atoms with Crippen LogP contribution in [0.3, 0.4) is 0 Å². The number of H-pyrrole nitrogens is 1. The van der Waals surface area contributed by atoms with E-state index in [4.69, 9.17) is 4.42 Å². The zero-order valence-corrected chi connectivity index (χ0v) is 16.0. The van der Waals surface area contributed by atoms with E-state index in [1.54, 1.807) is 38.1 Å². The number of benzene rings is 1. The number of anilines is 1. The summed E-state index contributed by atoms with van der Waals surface area (Å²) in [4.78, 5) is 12.5. The number of sulfonamides is 1. The second kappa shape index (κ2) is 7.28. The minimum absolute atomic E-state index is 0.0486. The highest BCUT2D eigenvalue weighted by atomic mass is 32.2. The molecule has 0 spiro atoms. The van der Waals surface area contributed by atoms with E-state index in [-0.39, 0.29) is 22.8 Å². The van der Waals surface area contributed by atoms with Crippen LogP contribution in [-0.2, 0) is 16.6 Å². The monoisotopic (exact) mass is 388 g/mol. The molecule has 0 saturated heterocycles. The maximum Gasteiger partial charge on any atom is 0.274 e. The molecule has 0 aliphatic rings. The van der Waals surface area contributed by atoms with Crippen LogP contribution in [0.5, 0.6) is 0 Å². The molecule has 3 rings (SSSR count). The summed E-state index contributed by atoms with van der Waals surface area (Å²) in [5.41, 5.74) is 2.27. The van der Waals surface area contributed by atoms with Gasteiger partial charge in [0.25, 0.3) is 15.9 Å². The molecule has 27 heavy (non-hydrogen) atoms. The molecule has 8 nitrogen and oxygen atoms in total. The molecule has 0 aliphatic heterocycles. The number of aromatic amines is 1. The summed E-state index contributed by atoms with van der Waals surface area (Å²) < 4.78 is 33.3. The van der Waals surface area contributed by atoms with Crippen molar-refractivity contribution in [3.63, 3.8) is 0 Å². The first-order chi connectivity index (χ1) is 12.8. The Labute approximate surface area is 157 Å². The number of amides is 1. The van der Waals surface area contributed by atoms with Crippen molar-refractivity contribution in [3.8, 4) is 0 Å². The first-order valence-corrected chi connectivity index (χ1v) is 9.71. The van der Waals surface area contributed by atoms with Crippen LogP contribution >= 0.6 is 0 Å². The van der Waals surface area contributed by atoms with Gasteiger partial charge in [-0.1, -0.05) is 17.7 Å². The minimum Gasteiger partial charge on any atom is -0.467 e. The Hall–Kier alpha value is -3.07. The molecule has 0 unspecified atom stereocenters. The molecule has 1 amide bonds. The predicted octanol–water partition coefficient (Wildman–Crippen LogP) is 2.66. The lowest BCUT2D eigenvalue weighted by Gasteiger charge is -2.13. The van der Waals surface area contributed by atoms with E-state index in [1.165, 1.54) is 12.5 Å². The lowest BCUT2D eigenvalue weighted by molar-refractivity contribution is 0.0944. The SMILES string of the molecule is Cc1cc(C)c(S(=O)(=O)Nc2c[nH]nc2C(=O)NCc2ccco2)c(C)c1. The molecule has 3 aromatic rings. The average molecular weight is 388 g/mol. The van der Waals surface area contributed by atoms with Gasteiger partial charge in [-0.2, -0.15) is 5.10 Å². The topological polar surface area (TPSA) is 117 Å². The van der Waals surface area contributed by atoms with Gasteiger partial charge in [0, 0.05) is 6.20 Å². The van der Waals surface area contributed by atoms with E-state index in [0.717, 1.165) is 5.56 Å². The third-order valence-corrected chi connectivity index (χ3v) is 5.65. The van der Waals surface area contributed by atoms with Crippen LogP contribution in [0, 0.1) is 20.8 Å². The highest BCUT2D eigenvalue weighted by Gasteiger charge is 2.24. The lowest BCUT2D eigenvalue weighted by atomic mass is 10.1. The molecule has 0 bridgehead atoms. The quantitative estimate of drug-likeness (QED) is 0.600. The normalized spacial score (nSPS) is 11.4. The van der Waals surface area contributed by atoms with Crippen molar-refractivity contribution >= 4 is 21.6 Å². The Balaban J connectivity index is 1.82. The van der Waals surface area contributed by atoms with E-state index < -0.39 is 15.9 Å². The zero-order valence-electron chi connectivity index (χ0n) is 15.2. The van der Waals surface area contributed by atoms with Gasteiger partial charge in [-0.15, -0.1) is 0 Å². The van der Waals surface area contributed by atoms with Gasteiger partial charge in [0.2, 0.25) is 0 Å². The summed E-state index contributed by atoms with van der Waals surface area (Å²) in [6, 6.07) is 7.03. The zero-order chi connectivity index (χ0) is 19.6. The maximum absolute atomic E-state index is 12.9. The average Bonchev–Trinajstić information content (AvgIpc) is 3.22. The Bertz CT molecular complexity index is 1050.